The van der Waals surface area contributed by atoms with E-state index in [0.717, 1.165) is 22.2 Å². The average molecular weight is 322 g/mol. The second kappa shape index (κ2) is 5.79. The second-order valence-electron chi connectivity index (χ2n) is 3.98. The summed E-state index contributed by atoms with van der Waals surface area (Å²) in [5.74, 6) is 0. The van der Waals surface area contributed by atoms with Gasteiger partial charge in [0.2, 0.25) is 0 Å². The first-order chi connectivity index (χ1) is 9.74. The van der Waals surface area contributed by atoms with E-state index < -0.39 is 0 Å². The van der Waals surface area contributed by atoms with Crippen molar-refractivity contribution in [1.82, 2.24) is 9.97 Å². The van der Waals surface area contributed by atoms with E-state index in [4.69, 9.17) is 23.2 Å². The van der Waals surface area contributed by atoms with Crippen LogP contribution >= 0.6 is 34.5 Å². The van der Waals surface area contributed by atoms with E-state index in [1.165, 1.54) is 11.3 Å². The van der Waals surface area contributed by atoms with E-state index in [1.54, 1.807) is 12.3 Å². The maximum Gasteiger partial charge on any atom is 0.187 e. The zero-order chi connectivity index (χ0) is 13.9. The Kier molecular flexibility index (Phi) is 3.87. The monoisotopic (exact) mass is 321 g/mol. The van der Waals surface area contributed by atoms with Gasteiger partial charge in [-0.05, 0) is 24.3 Å². The lowest BCUT2D eigenvalue weighted by atomic mass is 10.3. The fraction of sp³-hybridized carbons (Fsp3) is 0. The van der Waals surface area contributed by atoms with Gasteiger partial charge < -0.3 is 5.32 Å². The SMILES string of the molecule is Clc1cccc(Nc2nc(-c3ccccn3)cs2)c1Cl. The van der Waals surface area contributed by atoms with Crippen LogP contribution in [0.3, 0.4) is 0 Å². The Morgan fingerprint density at radius 1 is 1.00 bits per heavy atom. The molecule has 3 aromatic rings. The molecule has 2 aromatic heterocycles. The summed E-state index contributed by atoms with van der Waals surface area (Å²) in [5, 5.41) is 6.86. The molecule has 0 aliphatic carbocycles. The number of halogens is 2. The van der Waals surface area contributed by atoms with Gasteiger partial charge in [-0.3, -0.25) is 4.98 Å². The predicted octanol–water partition coefficient (Wildman–Crippen LogP) is 5.26. The molecule has 0 unspecified atom stereocenters. The minimum absolute atomic E-state index is 0.490. The number of rotatable bonds is 3. The number of pyridine rings is 1. The molecular weight excluding hydrogens is 313 g/mol. The normalized spacial score (nSPS) is 10.5. The van der Waals surface area contributed by atoms with E-state index in [9.17, 15) is 0 Å². The number of benzene rings is 1. The van der Waals surface area contributed by atoms with E-state index >= 15 is 0 Å². The maximum absolute atomic E-state index is 6.14. The van der Waals surface area contributed by atoms with Crippen LogP contribution in [0.5, 0.6) is 0 Å². The first-order valence-electron chi connectivity index (χ1n) is 5.82. The summed E-state index contributed by atoms with van der Waals surface area (Å²) >= 11 is 13.6. The summed E-state index contributed by atoms with van der Waals surface area (Å²) in [6.45, 7) is 0. The van der Waals surface area contributed by atoms with Crippen molar-refractivity contribution in [3.8, 4) is 11.4 Å². The lowest BCUT2D eigenvalue weighted by Gasteiger charge is -2.05. The smallest absolute Gasteiger partial charge is 0.187 e. The Hall–Kier alpha value is -1.62. The van der Waals surface area contributed by atoms with Gasteiger partial charge in [-0.1, -0.05) is 35.3 Å². The molecule has 0 atom stereocenters. The quantitative estimate of drug-likeness (QED) is 0.715. The standard InChI is InChI=1S/C14H9Cl2N3S/c15-9-4-3-6-11(13(9)16)18-14-19-12(8-20-14)10-5-1-2-7-17-10/h1-8H,(H,18,19). The highest BCUT2D eigenvalue weighted by molar-refractivity contribution is 7.14. The molecule has 1 N–H and O–H groups in total. The van der Waals surface area contributed by atoms with Crippen LogP contribution in [0.4, 0.5) is 10.8 Å². The zero-order valence-electron chi connectivity index (χ0n) is 10.2. The minimum Gasteiger partial charge on any atom is -0.330 e. The number of anilines is 2. The summed E-state index contributed by atoms with van der Waals surface area (Å²) in [7, 11) is 0. The summed E-state index contributed by atoms with van der Waals surface area (Å²) in [6, 6.07) is 11.2. The summed E-state index contributed by atoms with van der Waals surface area (Å²) in [6.07, 6.45) is 1.75. The number of thiazole rings is 1. The fourth-order valence-corrected chi connectivity index (χ4v) is 2.74. The van der Waals surface area contributed by atoms with Crippen molar-refractivity contribution in [1.29, 1.82) is 0 Å². The van der Waals surface area contributed by atoms with E-state index in [0.29, 0.717) is 10.0 Å². The molecule has 20 heavy (non-hydrogen) atoms. The molecule has 3 rings (SSSR count). The molecule has 0 radical (unpaired) electrons. The highest BCUT2D eigenvalue weighted by Crippen LogP contribution is 2.33. The van der Waals surface area contributed by atoms with E-state index in [-0.39, 0.29) is 0 Å². The Morgan fingerprint density at radius 2 is 1.90 bits per heavy atom. The van der Waals surface area contributed by atoms with Gasteiger partial charge in [0.1, 0.15) is 5.69 Å². The molecule has 0 aliphatic rings. The van der Waals surface area contributed by atoms with E-state index in [2.05, 4.69) is 15.3 Å². The van der Waals surface area contributed by atoms with Crippen LogP contribution in [0.1, 0.15) is 0 Å². The third kappa shape index (κ3) is 2.77. The zero-order valence-corrected chi connectivity index (χ0v) is 12.5. The fourth-order valence-electron chi connectivity index (χ4n) is 1.68. The first-order valence-corrected chi connectivity index (χ1v) is 7.45. The Morgan fingerprint density at radius 3 is 2.70 bits per heavy atom. The molecule has 1 aromatic carbocycles. The summed E-state index contributed by atoms with van der Waals surface area (Å²) < 4.78 is 0. The van der Waals surface area contributed by atoms with Gasteiger partial charge in [0.05, 0.1) is 21.4 Å². The lowest BCUT2D eigenvalue weighted by molar-refractivity contribution is 1.28. The molecule has 0 amide bonds. The van der Waals surface area contributed by atoms with Gasteiger partial charge >= 0.3 is 0 Å². The van der Waals surface area contributed by atoms with Crippen molar-refractivity contribution in [3.05, 3.63) is 58.0 Å². The topological polar surface area (TPSA) is 37.8 Å². The Bertz CT molecular complexity index is 728. The van der Waals surface area contributed by atoms with Crippen LogP contribution in [0.15, 0.2) is 48.0 Å². The molecule has 0 bridgehead atoms. The van der Waals surface area contributed by atoms with Crippen molar-refractivity contribution in [2.24, 2.45) is 0 Å². The highest BCUT2D eigenvalue weighted by Gasteiger charge is 2.08. The van der Waals surface area contributed by atoms with Gasteiger partial charge in [-0.2, -0.15) is 0 Å². The molecule has 6 heteroatoms. The Balaban J connectivity index is 1.86. The summed E-state index contributed by atoms with van der Waals surface area (Å²) in [5.41, 5.74) is 2.41. The molecule has 3 nitrogen and oxygen atoms in total. The van der Waals surface area contributed by atoms with Gasteiger partial charge in [0, 0.05) is 11.6 Å². The van der Waals surface area contributed by atoms with Crippen LogP contribution in [-0.2, 0) is 0 Å². The average Bonchev–Trinajstić information content (AvgIpc) is 2.93. The van der Waals surface area contributed by atoms with Crippen LogP contribution in [0.2, 0.25) is 10.0 Å². The number of aromatic nitrogens is 2. The van der Waals surface area contributed by atoms with Crippen molar-refractivity contribution < 1.29 is 0 Å². The highest BCUT2D eigenvalue weighted by atomic mass is 35.5. The molecule has 0 saturated carbocycles. The first kappa shape index (κ1) is 13.4. The molecule has 0 saturated heterocycles. The third-order valence-electron chi connectivity index (χ3n) is 2.62. The molecule has 100 valence electrons. The molecule has 2 heterocycles. The molecular formula is C14H9Cl2N3S. The number of hydrogen-bond acceptors (Lipinski definition) is 4. The van der Waals surface area contributed by atoms with Crippen LogP contribution in [0, 0.1) is 0 Å². The summed E-state index contributed by atoms with van der Waals surface area (Å²) in [4.78, 5) is 8.76. The number of nitrogens with zero attached hydrogens (tertiary/aromatic N) is 2. The van der Waals surface area contributed by atoms with Crippen molar-refractivity contribution in [2.45, 2.75) is 0 Å². The lowest BCUT2D eigenvalue weighted by Crippen LogP contribution is -1.91. The van der Waals surface area contributed by atoms with Crippen molar-refractivity contribution in [3.63, 3.8) is 0 Å². The van der Waals surface area contributed by atoms with Gasteiger partial charge in [-0.15, -0.1) is 11.3 Å². The maximum atomic E-state index is 6.14. The van der Waals surface area contributed by atoms with Crippen LogP contribution < -0.4 is 5.32 Å². The number of nitrogens with one attached hydrogen (secondary N) is 1. The van der Waals surface area contributed by atoms with Gasteiger partial charge in [0.15, 0.2) is 5.13 Å². The van der Waals surface area contributed by atoms with Crippen LogP contribution in [0.25, 0.3) is 11.4 Å². The second-order valence-corrected chi connectivity index (χ2v) is 5.62. The van der Waals surface area contributed by atoms with Crippen molar-refractivity contribution in [2.75, 3.05) is 5.32 Å². The minimum atomic E-state index is 0.490. The van der Waals surface area contributed by atoms with Crippen molar-refractivity contribution >= 4 is 45.4 Å². The van der Waals surface area contributed by atoms with Gasteiger partial charge in [-0.25, -0.2) is 4.98 Å². The van der Waals surface area contributed by atoms with E-state index in [1.807, 2.05) is 35.7 Å². The molecule has 0 fully saturated rings. The van der Waals surface area contributed by atoms with Gasteiger partial charge in [0.25, 0.3) is 0 Å². The molecule has 0 aliphatic heterocycles. The number of hydrogen-bond donors (Lipinski definition) is 1. The third-order valence-corrected chi connectivity index (χ3v) is 4.20. The van der Waals surface area contributed by atoms with Crippen LogP contribution in [-0.4, -0.2) is 9.97 Å². The predicted molar refractivity (Wildman–Crippen MR) is 85.1 cm³/mol. The molecule has 0 spiro atoms. The largest absolute Gasteiger partial charge is 0.330 e. The Labute approximate surface area is 130 Å².